The zero-order chi connectivity index (χ0) is 21.1. The smallest absolute Gasteiger partial charge is 0.229 e. The minimum Gasteiger partial charge on any atom is -0.487 e. The average molecular weight is 406 g/mol. The first-order valence-corrected chi connectivity index (χ1v) is 9.93. The summed E-state index contributed by atoms with van der Waals surface area (Å²) in [5.74, 6) is 1.79. The Labute approximate surface area is 174 Å². The summed E-state index contributed by atoms with van der Waals surface area (Å²) in [4.78, 5) is 22.8. The van der Waals surface area contributed by atoms with Crippen LogP contribution in [-0.4, -0.2) is 34.9 Å². The Balaban J connectivity index is 1.37. The summed E-state index contributed by atoms with van der Waals surface area (Å²) < 4.78 is 19.3. The third kappa shape index (κ3) is 4.40. The number of hydrogen-bond donors (Lipinski definition) is 1. The lowest BCUT2D eigenvalue weighted by molar-refractivity contribution is 0.0988. The lowest BCUT2D eigenvalue weighted by Gasteiger charge is -2.39. The molecule has 1 aliphatic rings. The third-order valence-electron chi connectivity index (χ3n) is 5.01. The highest BCUT2D eigenvalue weighted by molar-refractivity contribution is 5.96. The van der Waals surface area contributed by atoms with Crippen molar-refractivity contribution in [3.05, 3.63) is 71.7 Å². The van der Waals surface area contributed by atoms with Gasteiger partial charge in [0.05, 0.1) is 13.1 Å². The number of anilines is 3. The van der Waals surface area contributed by atoms with Gasteiger partial charge < -0.3 is 15.0 Å². The van der Waals surface area contributed by atoms with Gasteiger partial charge in [-0.05, 0) is 48.9 Å². The fraction of sp³-hybridized carbons (Fsp3) is 0.261. The van der Waals surface area contributed by atoms with E-state index in [-0.39, 0.29) is 17.7 Å². The quantitative estimate of drug-likeness (QED) is 0.582. The molecule has 2 heterocycles. The van der Waals surface area contributed by atoms with Gasteiger partial charge >= 0.3 is 0 Å². The molecule has 0 saturated carbocycles. The largest absolute Gasteiger partial charge is 0.487 e. The Morgan fingerprint density at radius 3 is 2.83 bits per heavy atom. The van der Waals surface area contributed by atoms with Crippen LogP contribution in [0, 0.1) is 12.7 Å². The van der Waals surface area contributed by atoms with Gasteiger partial charge in [-0.1, -0.05) is 19.1 Å². The maximum Gasteiger partial charge on any atom is 0.229 e. The maximum absolute atomic E-state index is 13.4. The van der Waals surface area contributed by atoms with Crippen LogP contribution in [-0.2, 0) is 0 Å². The normalized spacial score (nSPS) is 13.6. The van der Waals surface area contributed by atoms with Crippen LogP contribution >= 0.6 is 0 Å². The summed E-state index contributed by atoms with van der Waals surface area (Å²) in [6.45, 7) is 4.94. The Bertz CT molecular complexity index is 1070. The summed E-state index contributed by atoms with van der Waals surface area (Å²) in [7, 11) is 0. The second kappa shape index (κ2) is 8.49. The lowest BCUT2D eigenvalue weighted by Crippen LogP contribution is -2.54. The Kier molecular flexibility index (Phi) is 5.61. The summed E-state index contributed by atoms with van der Waals surface area (Å²) in [5.41, 5.74) is 2.00. The number of Topliss-reactive ketones (excluding diaryl/α,β-unsaturated/α-hetero) is 1. The van der Waals surface area contributed by atoms with E-state index in [1.165, 1.54) is 6.07 Å². The van der Waals surface area contributed by atoms with Crippen molar-refractivity contribution < 1.29 is 13.9 Å². The number of aromatic nitrogens is 2. The van der Waals surface area contributed by atoms with E-state index in [9.17, 15) is 9.18 Å². The number of ether oxygens (including phenoxy) is 1. The molecule has 4 rings (SSSR count). The molecule has 1 aromatic heterocycles. The van der Waals surface area contributed by atoms with Crippen molar-refractivity contribution in [3.8, 4) is 5.75 Å². The molecule has 1 aliphatic heterocycles. The number of aryl methyl sites for hydroxylation is 1. The number of carbonyl (C=O) groups excluding carboxylic acids is 1. The predicted molar refractivity (Wildman–Crippen MR) is 114 cm³/mol. The lowest BCUT2D eigenvalue weighted by atomic mass is 10.1. The number of hydrogen-bond acceptors (Lipinski definition) is 6. The first kappa shape index (κ1) is 19.8. The number of ketones is 1. The van der Waals surface area contributed by atoms with Crippen LogP contribution in [0.2, 0.25) is 0 Å². The molecule has 0 bridgehead atoms. The maximum atomic E-state index is 13.4. The SMILES string of the molecule is CCC(=O)c1cccc(Nc2nccc(N3CC(Oc4ccc(F)c(C)c4)C3)n2)c1. The highest BCUT2D eigenvalue weighted by Crippen LogP contribution is 2.25. The molecule has 7 heteroatoms. The van der Waals surface area contributed by atoms with Crippen LogP contribution in [0.4, 0.5) is 21.8 Å². The number of nitrogens with one attached hydrogen (secondary N) is 1. The van der Waals surface area contributed by atoms with Crippen molar-refractivity contribution in [1.82, 2.24) is 9.97 Å². The van der Waals surface area contributed by atoms with Gasteiger partial charge in [0.25, 0.3) is 0 Å². The van der Waals surface area contributed by atoms with Gasteiger partial charge in [0.2, 0.25) is 5.95 Å². The minimum absolute atomic E-state index is 0.0259. The van der Waals surface area contributed by atoms with Crippen molar-refractivity contribution in [2.24, 2.45) is 0 Å². The second-order valence-electron chi connectivity index (χ2n) is 7.28. The molecule has 0 aliphatic carbocycles. The predicted octanol–water partition coefficient (Wildman–Crippen LogP) is 4.53. The Hall–Kier alpha value is -3.48. The number of carbonyl (C=O) groups is 1. The molecule has 1 saturated heterocycles. The van der Waals surface area contributed by atoms with Crippen LogP contribution in [0.25, 0.3) is 0 Å². The van der Waals surface area contributed by atoms with E-state index < -0.39 is 0 Å². The zero-order valence-corrected chi connectivity index (χ0v) is 16.9. The Morgan fingerprint density at radius 2 is 2.07 bits per heavy atom. The van der Waals surface area contributed by atoms with E-state index in [2.05, 4.69) is 20.2 Å². The fourth-order valence-corrected chi connectivity index (χ4v) is 3.27. The molecular formula is C23H23FN4O2. The van der Waals surface area contributed by atoms with Gasteiger partial charge in [0.1, 0.15) is 23.5 Å². The van der Waals surface area contributed by atoms with Crippen molar-refractivity contribution >= 4 is 23.2 Å². The summed E-state index contributed by atoms with van der Waals surface area (Å²) in [5, 5.41) is 3.16. The standard InChI is InChI=1S/C23H23FN4O2/c1-3-21(29)16-5-4-6-17(12-16)26-23-25-10-9-22(27-23)28-13-19(14-28)30-18-7-8-20(24)15(2)11-18/h4-12,19H,3,13-14H2,1-2H3,(H,25,26,27). The van der Waals surface area contributed by atoms with Crippen molar-refractivity contribution in [1.29, 1.82) is 0 Å². The molecular weight excluding hydrogens is 383 g/mol. The van der Waals surface area contributed by atoms with Crippen LogP contribution in [0.15, 0.2) is 54.7 Å². The molecule has 0 spiro atoms. The zero-order valence-electron chi connectivity index (χ0n) is 16.9. The number of nitrogens with zero attached hydrogens (tertiary/aromatic N) is 3. The highest BCUT2D eigenvalue weighted by atomic mass is 19.1. The molecule has 154 valence electrons. The summed E-state index contributed by atoms with van der Waals surface area (Å²) >= 11 is 0. The molecule has 2 aromatic carbocycles. The van der Waals surface area contributed by atoms with Crippen LogP contribution in [0.5, 0.6) is 5.75 Å². The van der Waals surface area contributed by atoms with E-state index in [1.807, 2.05) is 25.1 Å². The van der Waals surface area contributed by atoms with Gasteiger partial charge in [0.15, 0.2) is 5.78 Å². The molecule has 0 radical (unpaired) electrons. The average Bonchev–Trinajstić information content (AvgIpc) is 2.72. The van der Waals surface area contributed by atoms with Gasteiger partial charge in [-0.3, -0.25) is 4.79 Å². The molecule has 30 heavy (non-hydrogen) atoms. The number of halogens is 1. The molecule has 1 N–H and O–H groups in total. The fourth-order valence-electron chi connectivity index (χ4n) is 3.27. The molecule has 0 amide bonds. The van der Waals surface area contributed by atoms with E-state index in [0.717, 1.165) is 11.5 Å². The number of rotatable bonds is 7. The molecule has 0 unspecified atom stereocenters. The van der Waals surface area contributed by atoms with E-state index in [0.29, 0.717) is 42.3 Å². The van der Waals surface area contributed by atoms with Crippen molar-refractivity contribution in [3.63, 3.8) is 0 Å². The third-order valence-corrected chi connectivity index (χ3v) is 5.01. The highest BCUT2D eigenvalue weighted by Gasteiger charge is 2.30. The summed E-state index contributed by atoms with van der Waals surface area (Å²) in [6.07, 6.45) is 2.19. The Morgan fingerprint density at radius 1 is 1.23 bits per heavy atom. The molecule has 1 fully saturated rings. The van der Waals surface area contributed by atoms with Crippen molar-refractivity contribution in [2.75, 3.05) is 23.3 Å². The number of benzene rings is 2. The van der Waals surface area contributed by atoms with Gasteiger partial charge in [-0.25, -0.2) is 9.37 Å². The topological polar surface area (TPSA) is 67.4 Å². The van der Waals surface area contributed by atoms with Gasteiger partial charge in [0, 0.05) is 23.9 Å². The second-order valence-corrected chi connectivity index (χ2v) is 7.28. The van der Waals surface area contributed by atoms with Crippen LogP contribution in [0.3, 0.4) is 0 Å². The first-order chi connectivity index (χ1) is 14.5. The van der Waals surface area contributed by atoms with Crippen LogP contribution < -0.4 is 15.0 Å². The van der Waals surface area contributed by atoms with E-state index in [1.54, 1.807) is 37.4 Å². The molecule has 6 nitrogen and oxygen atoms in total. The van der Waals surface area contributed by atoms with Gasteiger partial charge in [-0.15, -0.1) is 0 Å². The molecule has 3 aromatic rings. The molecule has 0 atom stereocenters. The first-order valence-electron chi connectivity index (χ1n) is 9.93. The van der Waals surface area contributed by atoms with Crippen LogP contribution in [0.1, 0.15) is 29.3 Å². The minimum atomic E-state index is -0.233. The van der Waals surface area contributed by atoms with E-state index in [4.69, 9.17) is 4.74 Å². The van der Waals surface area contributed by atoms with Crippen molar-refractivity contribution in [2.45, 2.75) is 26.4 Å². The van der Waals surface area contributed by atoms with E-state index >= 15 is 0 Å². The summed E-state index contributed by atoms with van der Waals surface area (Å²) in [6, 6.07) is 14.0. The monoisotopic (exact) mass is 406 g/mol. The van der Waals surface area contributed by atoms with Gasteiger partial charge in [-0.2, -0.15) is 4.98 Å².